The molecule has 1 unspecified atom stereocenters. The third kappa shape index (κ3) is 4.09. The molecule has 1 saturated heterocycles. The summed E-state index contributed by atoms with van der Waals surface area (Å²) >= 11 is 3.31. The molecule has 1 aliphatic heterocycles. The highest BCUT2D eigenvalue weighted by Crippen LogP contribution is 2.30. The van der Waals surface area contributed by atoms with Crippen LogP contribution in [0, 0.1) is 5.92 Å². The average molecular weight is 379 g/mol. The van der Waals surface area contributed by atoms with Gasteiger partial charge in [-0.05, 0) is 37.0 Å². The molecule has 2 N–H and O–H groups in total. The average Bonchev–Trinajstić information content (AvgIpc) is 2.47. The minimum absolute atomic E-state index is 0.000250. The van der Waals surface area contributed by atoms with Crippen LogP contribution in [-0.2, 0) is 10.2 Å². The number of hydrogen-bond acceptors (Lipinski definition) is 4. The molecule has 2 rings (SSSR count). The van der Waals surface area contributed by atoms with Crippen molar-refractivity contribution in [2.75, 3.05) is 31.5 Å². The molecular formula is C13H19BrN2O4S. The van der Waals surface area contributed by atoms with Gasteiger partial charge in [0.05, 0.1) is 12.8 Å². The molecule has 1 aromatic rings. The SMILES string of the molecule is COc1ccc(Br)cc1NS(=O)(=O)N1CCCC(CO)C1. The van der Waals surface area contributed by atoms with Gasteiger partial charge in [0.15, 0.2) is 0 Å². The van der Waals surface area contributed by atoms with E-state index in [9.17, 15) is 13.5 Å². The maximum absolute atomic E-state index is 12.5. The minimum atomic E-state index is -3.66. The predicted molar refractivity (Wildman–Crippen MR) is 84.6 cm³/mol. The van der Waals surface area contributed by atoms with Crippen molar-refractivity contribution in [1.82, 2.24) is 4.31 Å². The smallest absolute Gasteiger partial charge is 0.301 e. The molecule has 8 heteroatoms. The van der Waals surface area contributed by atoms with Crippen molar-refractivity contribution in [2.45, 2.75) is 12.8 Å². The molecule has 0 amide bonds. The zero-order chi connectivity index (χ0) is 15.5. The number of benzene rings is 1. The molecule has 1 aromatic carbocycles. The minimum Gasteiger partial charge on any atom is -0.495 e. The topological polar surface area (TPSA) is 78.9 Å². The fraction of sp³-hybridized carbons (Fsp3) is 0.538. The van der Waals surface area contributed by atoms with E-state index in [4.69, 9.17) is 4.74 Å². The highest BCUT2D eigenvalue weighted by molar-refractivity contribution is 9.10. The molecule has 0 aliphatic carbocycles. The lowest BCUT2D eigenvalue weighted by molar-refractivity contribution is 0.166. The van der Waals surface area contributed by atoms with Gasteiger partial charge in [-0.2, -0.15) is 12.7 Å². The first-order valence-electron chi connectivity index (χ1n) is 6.68. The first-order valence-corrected chi connectivity index (χ1v) is 8.92. The van der Waals surface area contributed by atoms with Crippen LogP contribution in [0.15, 0.2) is 22.7 Å². The Labute approximate surface area is 133 Å². The van der Waals surface area contributed by atoms with E-state index in [1.807, 2.05) is 0 Å². The molecular weight excluding hydrogens is 360 g/mol. The highest BCUT2D eigenvalue weighted by atomic mass is 79.9. The summed E-state index contributed by atoms with van der Waals surface area (Å²) < 4.78 is 34.8. The predicted octanol–water partition coefficient (Wildman–Crippen LogP) is 1.82. The quantitative estimate of drug-likeness (QED) is 0.818. The van der Waals surface area contributed by atoms with E-state index >= 15 is 0 Å². The summed E-state index contributed by atoms with van der Waals surface area (Å²) in [4.78, 5) is 0. The Morgan fingerprint density at radius 2 is 2.29 bits per heavy atom. The number of halogens is 1. The van der Waals surface area contributed by atoms with Crippen LogP contribution < -0.4 is 9.46 Å². The van der Waals surface area contributed by atoms with Gasteiger partial charge in [0.25, 0.3) is 0 Å². The van der Waals surface area contributed by atoms with Crippen molar-refractivity contribution < 1.29 is 18.3 Å². The van der Waals surface area contributed by atoms with Crippen LogP contribution in [0.5, 0.6) is 5.75 Å². The van der Waals surface area contributed by atoms with Gasteiger partial charge in [-0.1, -0.05) is 15.9 Å². The summed E-state index contributed by atoms with van der Waals surface area (Å²) in [7, 11) is -2.17. The van der Waals surface area contributed by atoms with Gasteiger partial charge < -0.3 is 9.84 Å². The van der Waals surface area contributed by atoms with E-state index in [0.717, 1.165) is 17.3 Å². The van der Waals surface area contributed by atoms with Crippen LogP contribution in [0.25, 0.3) is 0 Å². The number of piperidine rings is 1. The van der Waals surface area contributed by atoms with E-state index in [1.54, 1.807) is 18.2 Å². The first kappa shape index (κ1) is 16.5. The number of aliphatic hydroxyl groups excluding tert-OH is 1. The zero-order valence-electron chi connectivity index (χ0n) is 11.8. The molecule has 118 valence electrons. The van der Waals surface area contributed by atoms with Gasteiger partial charge >= 0.3 is 10.2 Å². The van der Waals surface area contributed by atoms with Gasteiger partial charge in [-0.3, -0.25) is 4.72 Å². The molecule has 1 atom stereocenters. The molecule has 21 heavy (non-hydrogen) atoms. The number of methoxy groups -OCH3 is 1. The van der Waals surface area contributed by atoms with Crippen LogP contribution in [0.2, 0.25) is 0 Å². The fourth-order valence-electron chi connectivity index (χ4n) is 2.36. The zero-order valence-corrected chi connectivity index (χ0v) is 14.2. The summed E-state index contributed by atoms with van der Waals surface area (Å²) in [5, 5.41) is 9.21. The molecule has 1 fully saturated rings. The Hall–Kier alpha value is -0.830. The van der Waals surface area contributed by atoms with E-state index < -0.39 is 10.2 Å². The van der Waals surface area contributed by atoms with E-state index in [1.165, 1.54) is 11.4 Å². The van der Waals surface area contributed by atoms with E-state index in [2.05, 4.69) is 20.7 Å². The molecule has 0 aromatic heterocycles. The molecule has 0 spiro atoms. The summed E-state index contributed by atoms with van der Waals surface area (Å²) in [6, 6.07) is 5.12. The lowest BCUT2D eigenvalue weighted by Gasteiger charge is -2.31. The third-order valence-corrected chi connectivity index (χ3v) is 5.46. The Bertz CT molecular complexity index is 594. The lowest BCUT2D eigenvalue weighted by atomic mass is 10.0. The number of rotatable bonds is 5. The third-order valence-electron chi connectivity index (χ3n) is 3.48. The van der Waals surface area contributed by atoms with E-state index in [0.29, 0.717) is 24.5 Å². The second-order valence-corrected chi connectivity index (χ2v) is 7.59. The summed E-state index contributed by atoms with van der Waals surface area (Å²) in [6.07, 6.45) is 1.60. The van der Waals surface area contributed by atoms with Crippen LogP contribution in [0.4, 0.5) is 5.69 Å². The van der Waals surface area contributed by atoms with Crippen LogP contribution >= 0.6 is 15.9 Å². The Morgan fingerprint density at radius 1 is 1.52 bits per heavy atom. The van der Waals surface area contributed by atoms with Crippen molar-refractivity contribution in [3.63, 3.8) is 0 Å². The largest absolute Gasteiger partial charge is 0.495 e. The Kier molecular flexibility index (Phi) is 5.48. The van der Waals surface area contributed by atoms with Gasteiger partial charge in [-0.15, -0.1) is 0 Å². The second-order valence-electron chi connectivity index (χ2n) is 5.00. The monoisotopic (exact) mass is 378 g/mol. The summed E-state index contributed by atoms with van der Waals surface area (Å²) in [5.74, 6) is 0.456. The second kappa shape index (κ2) is 6.95. The van der Waals surface area contributed by atoms with Crippen LogP contribution in [0.3, 0.4) is 0 Å². The number of nitrogens with one attached hydrogen (secondary N) is 1. The molecule has 0 saturated carbocycles. The maximum Gasteiger partial charge on any atom is 0.301 e. The maximum atomic E-state index is 12.5. The highest BCUT2D eigenvalue weighted by Gasteiger charge is 2.29. The van der Waals surface area contributed by atoms with Gasteiger partial charge in [-0.25, -0.2) is 0 Å². The molecule has 0 radical (unpaired) electrons. The standard InChI is InChI=1S/C13H19BrN2O4S/c1-20-13-5-4-11(14)7-12(13)15-21(18,19)16-6-2-3-10(8-16)9-17/h4-5,7,10,15,17H,2-3,6,8-9H2,1H3. The normalized spacial score (nSPS) is 20.2. The Balaban J connectivity index is 2.19. The molecule has 6 nitrogen and oxygen atoms in total. The van der Waals surface area contributed by atoms with Gasteiger partial charge in [0.2, 0.25) is 0 Å². The van der Waals surface area contributed by atoms with Gasteiger partial charge in [0.1, 0.15) is 5.75 Å². The molecule has 1 aliphatic rings. The lowest BCUT2D eigenvalue weighted by Crippen LogP contribution is -2.43. The van der Waals surface area contributed by atoms with Crippen molar-refractivity contribution in [3.8, 4) is 5.75 Å². The van der Waals surface area contributed by atoms with Crippen LogP contribution in [-0.4, -0.2) is 44.6 Å². The van der Waals surface area contributed by atoms with Crippen molar-refractivity contribution in [1.29, 1.82) is 0 Å². The van der Waals surface area contributed by atoms with Crippen molar-refractivity contribution in [3.05, 3.63) is 22.7 Å². The molecule has 0 bridgehead atoms. The summed E-state index contributed by atoms with van der Waals surface area (Å²) in [6.45, 7) is 0.802. The molecule has 1 heterocycles. The Morgan fingerprint density at radius 3 is 2.95 bits per heavy atom. The van der Waals surface area contributed by atoms with Crippen LogP contribution in [0.1, 0.15) is 12.8 Å². The number of nitrogens with zero attached hydrogens (tertiary/aromatic N) is 1. The number of aliphatic hydroxyl groups is 1. The van der Waals surface area contributed by atoms with Crippen molar-refractivity contribution in [2.24, 2.45) is 5.92 Å². The summed E-state index contributed by atoms with van der Waals surface area (Å²) in [5.41, 5.74) is 0.387. The van der Waals surface area contributed by atoms with Gasteiger partial charge in [0, 0.05) is 24.2 Å². The fourth-order valence-corrected chi connectivity index (χ4v) is 4.06. The van der Waals surface area contributed by atoms with Crippen molar-refractivity contribution >= 4 is 31.8 Å². The first-order chi connectivity index (χ1) is 9.96. The van der Waals surface area contributed by atoms with E-state index in [-0.39, 0.29) is 12.5 Å². The number of hydrogen-bond donors (Lipinski definition) is 2. The number of ether oxygens (including phenoxy) is 1. The number of anilines is 1.